The Balaban J connectivity index is 1.32. The monoisotopic (exact) mass is 374 g/mol. The highest BCUT2D eigenvalue weighted by atomic mass is 16.5. The molecule has 1 saturated carbocycles. The van der Waals surface area contributed by atoms with Crippen molar-refractivity contribution in [3.05, 3.63) is 23.8 Å². The van der Waals surface area contributed by atoms with E-state index in [-0.39, 0.29) is 12.5 Å². The van der Waals surface area contributed by atoms with Crippen molar-refractivity contribution in [2.45, 2.75) is 50.7 Å². The molecule has 2 N–H and O–H groups in total. The molecule has 0 bridgehead atoms. The Morgan fingerprint density at radius 2 is 1.96 bits per heavy atom. The zero-order valence-corrected chi connectivity index (χ0v) is 15.9. The second kappa shape index (κ2) is 8.07. The van der Waals surface area contributed by atoms with E-state index in [1.165, 1.54) is 19.3 Å². The third-order valence-corrected chi connectivity index (χ3v) is 5.97. The summed E-state index contributed by atoms with van der Waals surface area (Å²) in [6.07, 6.45) is 5.97. The summed E-state index contributed by atoms with van der Waals surface area (Å²) in [5.74, 6) is 2.08. The molecule has 1 atom stereocenters. The summed E-state index contributed by atoms with van der Waals surface area (Å²) in [6, 6.07) is 5.90. The lowest BCUT2D eigenvalue weighted by Crippen LogP contribution is -2.58. The maximum Gasteiger partial charge on any atom is 0.255 e. The number of carbonyl (C=O) groups excluding carboxylic acids is 1. The van der Waals surface area contributed by atoms with Crippen LogP contribution in [0, 0.1) is 5.92 Å². The fourth-order valence-electron chi connectivity index (χ4n) is 4.12. The smallest absolute Gasteiger partial charge is 0.255 e. The first-order chi connectivity index (χ1) is 13.1. The molecule has 6 nitrogen and oxygen atoms in total. The summed E-state index contributed by atoms with van der Waals surface area (Å²) >= 11 is 0. The van der Waals surface area contributed by atoms with Crippen molar-refractivity contribution in [3.8, 4) is 11.5 Å². The van der Waals surface area contributed by atoms with Crippen molar-refractivity contribution in [2.75, 3.05) is 32.8 Å². The van der Waals surface area contributed by atoms with Gasteiger partial charge in [-0.25, -0.2) is 0 Å². The number of rotatable bonds is 6. The molecule has 2 aliphatic heterocycles. The van der Waals surface area contributed by atoms with Gasteiger partial charge in [0, 0.05) is 32.6 Å². The number of fused-ring (bicyclic) bond motifs is 1. The molecule has 3 aliphatic rings. The van der Waals surface area contributed by atoms with Gasteiger partial charge in [0.2, 0.25) is 0 Å². The van der Waals surface area contributed by atoms with Crippen molar-refractivity contribution >= 4 is 5.91 Å². The molecule has 1 aromatic carbocycles. The first-order valence-corrected chi connectivity index (χ1v) is 10.2. The van der Waals surface area contributed by atoms with Gasteiger partial charge in [-0.3, -0.25) is 4.79 Å². The van der Waals surface area contributed by atoms with Crippen molar-refractivity contribution in [3.63, 3.8) is 0 Å². The van der Waals surface area contributed by atoms with E-state index in [2.05, 4.69) is 5.32 Å². The van der Waals surface area contributed by atoms with Crippen LogP contribution in [-0.4, -0.2) is 54.4 Å². The number of benzene rings is 1. The lowest BCUT2D eigenvalue weighted by atomic mass is 9.83. The molecule has 1 amide bonds. The maximum atomic E-state index is 12.8. The molecule has 27 heavy (non-hydrogen) atoms. The molecule has 6 heteroatoms. The Morgan fingerprint density at radius 1 is 1.15 bits per heavy atom. The van der Waals surface area contributed by atoms with Crippen molar-refractivity contribution in [2.24, 2.45) is 5.92 Å². The third-order valence-electron chi connectivity index (χ3n) is 5.97. The molecular weight excluding hydrogens is 344 g/mol. The molecule has 1 saturated heterocycles. The Bertz CT molecular complexity index is 676. The predicted octanol–water partition coefficient (Wildman–Crippen LogP) is 2.09. The highest BCUT2D eigenvalue weighted by Gasteiger charge is 2.42. The minimum absolute atomic E-state index is 0.105. The number of nitrogens with zero attached hydrogens (tertiary/aromatic N) is 1. The Labute approximate surface area is 160 Å². The number of hydrogen-bond acceptors (Lipinski definition) is 5. The largest absolute Gasteiger partial charge is 0.490 e. The van der Waals surface area contributed by atoms with E-state index in [1.807, 2.05) is 23.1 Å². The second-order valence-electron chi connectivity index (χ2n) is 8.12. The van der Waals surface area contributed by atoms with Crippen LogP contribution in [-0.2, 0) is 11.3 Å². The molecule has 148 valence electrons. The van der Waals surface area contributed by atoms with Gasteiger partial charge in [-0.15, -0.1) is 0 Å². The summed E-state index contributed by atoms with van der Waals surface area (Å²) < 4.78 is 11.4. The lowest BCUT2D eigenvalue weighted by Gasteiger charge is -2.41. The summed E-state index contributed by atoms with van der Waals surface area (Å²) in [5, 5.41) is 14.2. The number of amides is 1. The first-order valence-electron chi connectivity index (χ1n) is 10.2. The van der Waals surface area contributed by atoms with Gasteiger partial charge >= 0.3 is 0 Å². The van der Waals surface area contributed by atoms with Gasteiger partial charge in [-0.05, 0) is 49.3 Å². The van der Waals surface area contributed by atoms with Crippen LogP contribution in [0.15, 0.2) is 18.2 Å². The average molecular weight is 374 g/mol. The normalized spacial score (nSPS) is 25.8. The van der Waals surface area contributed by atoms with Crippen molar-refractivity contribution in [1.82, 2.24) is 10.2 Å². The van der Waals surface area contributed by atoms with E-state index in [0.29, 0.717) is 32.1 Å². The van der Waals surface area contributed by atoms with E-state index in [0.717, 1.165) is 43.0 Å². The fraction of sp³-hybridized carbons (Fsp3) is 0.667. The zero-order valence-electron chi connectivity index (χ0n) is 15.9. The van der Waals surface area contributed by atoms with Crippen molar-refractivity contribution < 1.29 is 19.4 Å². The minimum Gasteiger partial charge on any atom is -0.490 e. The van der Waals surface area contributed by atoms with Crippen LogP contribution < -0.4 is 14.8 Å². The molecule has 4 rings (SSSR count). The quantitative estimate of drug-likeness (QED) is 0.798. The fourth-order valence-corrected chi connectivity index (χ4v) is 4.12. The highest BCUT2D eigenvalue weighted by molar-refractivity contribution is 5.86. The van der Waals surface area contributed by atoms with Crippen LogP contribution in [0.1, 0.15) is 44.1 Å². The van der Waals surface area contributed by atoms with Gasteiger partial charge in [-0.2, -0.15) is 0 Å². The SMILES string of the molecule is O=C1N(CC2CCC2)CCCC1(O)CNCc1ccc2c(c1)OCCCO2. The molecule has 0 spiro atoms. The van der Waals surface area contributed by atoms with Gasteiger partial charge in [-0.1, -0.05) is 12.5 Å². The van der Waals surface area contributed by atoms with E-state index in [9.17, 15) is 9.90 Å². The third kappa shape index (κ3) is 4.22. The van der Waals surface area contributed by atoms with Crippen LogP contribution in [0.2, 0.25) is 0 Å². The molecule has 1 unspecified atom stereocenters. The number of hydrogen-bond donors (Lipinski definition) is 2. The van der Waals surface area contributed by atoms with Gasteiger partial charge in [0.1, 0.15) is 0 Å². The molecular formula is C21H30N2O4. The number of ether oxygens (including phenoxy) is 2. The van der Waals surface area contributed by atoms with Crippen LogP contribution in [0.4, 0.5) is 0 Å². The number of nitrogens with one attached hydrogen (secondary N) is 1. The summed E-state index contributed by atoms with van der Waals surface area (Å²) in [7, 11) is 0. The van der Waals surface area contributed by atoms with Crippen LogP contribution in [0.25, 0.3) is 0 Å². The van der Waals surface area contributed by atoms with Crippen LogP contribution >= 0.6 is 0 Å². The van der Waals surface area contributed by atoms with Crippen LogP contribution in [0.3, 0.4) is 0 Å². The van der Waals surface area contributed by atoms with Gasteiger partial charge in [0.25, 0.3) is 5.91 Å². The molecule has 2 fully saturated rings. The molecule has 1 aromatic rings. The van der Waals surface area contributed by atoms with E-state index in [4.69, 9.17) is 9.47 Å². The van der Waals surface area contributed by atoms with Gasteiger partial charge < -0.3 is 24.8 Å². The Hall–Kier alpha value is -1.79. The van der Waals surface area contributed by atoms with E-state index >= 15 is 0 Å². The highest BCUT2D eigenvalue weighted by Crippen LogP contribution is 2.31. The molecule has 2 heterocycles. The minimum atomic E-state index is -1.28. The first kappa shape index (κ1) is 18.6. The molecule has 0 radical (unpaired) electrons. The lowest BCUT2D eigenvalue weighted by molar-refractivity contribution is -0.157. The number of carbonyl (C=O) groups is 1. The van der Waals surface area contributed by atoms with Gasteiger partial charge in [0.15, 0.2) is 17.1 Å². The predicted molar refractivity (Wildman–Crippen MR) is 102 cm³/mol. The summed E-state index contributed by atoms with van der Waals surface area (Å²) in [6.45, 7) is 3.78. The molecule has 0 aromatic heterocycles. The number of piperidine rings is 1. The maximum absolute atomic E-state index is 12.8. The summed E-state index contributed by atoms with van der Waals surface area (Å²) in [4.78, 5) is 14.7. The van der Waals surface area contributed by atoms with Crippen LogP contribution in [0.5, 0.6) is 11.5 Å². The Morgan fingerprint density at radius 3 is 2.74 bits per heavy atom. The van der Waals surface area contributed by atoms with E-state index in [1.54, 1.807) is 0 Å². The van der Waals surface area contributed by atoms with Crippen molar-refractivity contribution in [1.29, 1.82) is 0 Å². The second-order valence-corrected chi connectivity index (χ2v) is 8.12. The van der Waals surface area contributed by atoms with Gasteiger partial charge in [0.05, 0.1) is 13.2 Å². The number of likely N-dealkylation sites (tertiary alicyclic amines) is 1. The summed E-state index contributed by atoms with van der Waals surface area (Å²) in [5.41, 5.74) is -0.231. The number of aliphatic hydroxyl groups is 1. The zero-order chi connectivity index (χ0) is 18.7. The standard InChI is InChI=1S/C21H30N2O4/c24-20-21(25,8-2-9-23(20)14-16-4-1-5-16)15-22-13-17-6-7-18-19(12-17)27-11-3-10-26-18/h6-7,12,16,22,25H,1-5,8-11,13-15H2. The van der Waals surface area contributed by atoms with E-state index < -0.39 is 5.60 Å². The Kier molecular flexibility index (Phi) is 5.55. The molecule has 1 aliphatic carbocycles. The average Bonchev–Trinajstić information content (AvgIpc) is 2.86. The topological polar surface area (TPSA) is 71.0 Å².